The molecule has 2 rings (SSSR count). The highest BCUT2D eigenvalue weighted by molar-refractivity contribution is 5.25. The average molecular weight is 276 g/mol. The molecule has 1 heterocycles. The van der Waals surface area contributed by atoms with Gasteiger partial charge in [-0.1, -0.05) is 36.8 Å². The van der Waals surface area contributed by atoms with Crippen LogP contribution in [0.3, 0.4) is 0 Å². The van der Waals surface area contributed by atoms with E-state index in [1.807, 2.05) is 0 Å². The summed E-state index contributed by atoms with van der Waals surface area (Å²) >= 11 is 0. The number of benzene rings is 1. The van der Waals surface area contributed by atoms with Gasteiger partial charge in [-0.15, -0.1) is 0 Å². The highest BCUT2D eigenvalue weighted by atomic mass is 16.5. The Kier molecular flexibility index (Phi) is 5.58. The maximum atomic E-state index is 5.56. The van der Waals surface area contributed by atoms with Gasteiger partial charge in [0.05, 0.1) is 13.2 Å². The van der Waals surface area contributed by atoms with Crippen molar-refractivity contribution in [1.82, 2.24) is 10.2 Å². The van der Waals surface area contributed by atoms with E-state index in [9.17, 15) is 0 Å². The van der Waals surface area contributed by atoms with Crippen molar-refractivity contribution in [3.05, 3.63) is 35.4 Å². The predicted molar refractivity (Wildman–Crippen MR) is 84.0 cm³/mol. The second-order valence-corrected chi connectivity index (χ2v) is 5.85. The molecule has 3 atom stereocenters. The third kappa shape index (κ3) is 3.60. The summed E-state index contributed by atoms with van der Waals surface area (Å²) in [6.45, 7) is 12.6. The molecule has 3 unspecified atom stereocenters. The summed E-state index contributed by atoms with van der Waals surface area (Å²) in [7, 11) is 0. The van der Waals surface area contributed by atoms with E-state index in [0.717, 1.165) is 26.3 Å². The first-order chi connectivity index (χ1) is 9.63. The van der Waals surface area contributed by atoms with Crippen LogP contribution in [-0.2, 0) is 4.74 Å². The van der Waals surface area contributed by atoms with Crippen molar-refractivity contribution in [2.24, 2.45) is 0 Å². The lowest BCUT2D eigenvalue weighted by atomic mass is 9.97. The quantitative estimate of drug-likeness (QED) is 0.895. The van der Waals surface area contributed by atoms with Gasteiger partial charge in [0, 0.05) is 24.7 Å². The van der Waals surface area contributed by atoms with Crippen molar-refractivity contribution in [1.29, 1.82) is 0 Å². The standard InChI is InChI=1S/C17H28N2O/c1-5-18-17(16-8-6-13(2)7-9-16)15(4)19-10-11-20-12-14(19)3/h6-9,14-15,17-18H,5,10-12H2,1-4H3. The highest BCUT2D eigenvalue weighted by Crippen LogP contribution is 2.24. The van der Waals surface area contributed by atoms with Gasteiger partial charge in [0.2, 0.25) is 0 Å². The third-order valence-corrected chi connectivity index (χ3v) is 4.29. The van der Waals surface area contributed by atoms with Gasteiger partial charge in [0.25, 0.3) is 0 Å². The number of aryl methyl sites for hydroxylation is 1. The van der Waals surface area contributed by atoms with Gasteiger partial charge in [0.1, 0.15) is 0 Å². The van der Waals surface area contributed by atoms with Gasteiger partial charge in [0.15, 0.2) is 0 Å². The summed E-state index contributed by atoms with van der Waals surface area (Å²) in [5, 5.41) is 3.65. The fourth-order valence-electron chi connectivity index (χ4n) is 3.10. The lowest BCUT2D eigenvalue weighted by Crippen LogP contribution is -2.52. The van der Waals surface area contributed by atoms with E-state index >= 15 is 0 Å². The molecule has 112 valence electrons. The van der Waals surface area contributed by atoms with Gasteiger partial charge in [-0.2, -0.15) is 0 Å². The van der Waals surface area contributed by atoms with Gasteiger partial charge in [-0.3, -0.25) is 4.90 Å². The molecule has 20 heavy (non-hydrogen) atoms. The number of ether oxygens (including phenoxy) is 1. The molecule has 1 saturated heterocycles. The predicted octanol–water partition coefficient (Wildman–Crippen LogP) is 2.75. The first-order valence-electron chi connectivity index (χ1n) is 7.77. The Bertz CT molecular complexity index is 404. The lowest BCUT2D eigenvalue weighted by molar-refractivity contribution is -0.0258. The zero-order valence-electron chi connectivity index (χ0n) is 13.2. The van der Waals surface area contributed by atoms with E-state index in [0.29, 0.717) is 18.1 Å². The number of likely N-dealkylation sites (N-methyl/N-ethyl adjacent to an activating group) is 1. The van der Waals surface area contributed by atoms with E-state index in [1.165, 1.54) is 11.1 Å². The van der Waals surface area contributed by atoms with Crippen molar-refractivity contribution < 1.29 is 4.74 Å². The Labute approximate surface area is 123 Å². The summed E-state index contributed by atoms with van der Waals surface area (Å²) in [5.74, 6) is 0. The molecule has 1 aliphatic rings. The summed E-state index contributed by atoms with van der Waals surface area (Å²) in [5.41, 5.74) is 2.69. The fraction of sp³-hybridized carbons (Fsp3) is 0.647. The minimum Gasteiger partial charge on any atom is -0.379 e. The van der Waals surface area contributed by atoms with Crippen molar-refractivity contribution in [3.63, 3.8) is 0 Å². The number of rotatable bonds is 5. The molecule has 1 fully saturated rings. The van der Waals surface area contributed by atoms with Crippen LogP contribution >= 0.6 is 0 Å². The van der Waals surface area contributed by atoms with Crippen LogP contribution in [-0.4, -0.2) is 43.3 Å². The first-order valence-corrected chi connectivity index (χ1v) is 7.77. The van der Waals surface area contributed by atoms with Gasteiger partial charge < -0.3 is 10.1 Å². The largest absolute Gasteiger partial charge is 0.379 e. The number of morpholine rings is 1. The number of nitrogens with one attached hydrogen (secondary N) is 1. The molecule has 0 radical (unpaired) electrons. The molecule has 1 aliphatic heterocycles. The minimum absolute atomic E-state index is 0.376. The zero-order chi connectivity index (χ0) is 14.5. The van der Waals surface area contributed by atoms with Gasteiger partial charge in [-0.25, -0.2) is 0 Å². The Hall–Kier alpha value is -0.900. The van der Waals surface area contributed by atoms with Crippen LogP contribution in [0.2, 0.25) is 0 Å². The van der Waals surface area contributed by atoms with Crippen molar-refractivity contribution in [3.8, 4) is 0 Å². The molecule has 0 bridgehead atoms. The first kappa shape index (κ1) is 15.5. The maximum absolute atomic E-state index is 5.56. The Morgan fingerprint density at radius 2 is 2.05 bits per heavy atom. The topological polar surface area (TPSA) is 24.5 Å². The van der Waals surface area contributed by atoms with E-state index in [4.69, 9.17) is 4.74 Å². The SMILES string of the molecule is CCNC(c1ccc(C)cc1)C(C)N1CCOCC1C. The Balaban J connectivity index is 2.16. The summed E-state index contributed by atoms with van der Waals surface area (Å²) in [6.07, 6.45) is 0. The molecular formula is C17H28N2O. The third-order valence-electron chi connectivity index (χ3n) is 4.29. The van der Waals surface area contributed by atoms with Gasteiger partial charge in [-0.05, 0) is 32.9 Å². The second kappa shape index (κ2) is 7.21. The van der Waals surface area contributed by atoms with E-state index in [2.05, 4.69) is 62.2 Å². The molecule has 1 aromatic rings. The van der Waals surface area contributed by atoms with Crippen LogP contribution in [0.4, 0.5) is 0 Å². The second-order valence-electron chi connectivity index (χ2n) is 5.85. The molecule has 0 amide bonds. The summed E-state index contributed by atoms with van der Waals surface area (Å²) in [6, 6.07) is 10.3. The maximum Gasteiger partial charge on any atom is 0.0619 e. The zero-order valence-corrected chi connectivity index (χ0v) is 13.2. The van der Waals surface area contributed by atoms with Crippen LogP contribution in [0.15, 0.2) is 24.3 Å². The molecule has 3 nitrogen and oxygen atoms in total. The Morgan fingerprint density at radius 3 is 2.65 bits per heavy atom. The molecule has 0 spiro atoms. The van der Waals surface area contributed by atoms with E-state index < -0.39 is 0 Å². The van der Waals surface area contributed by atoms with Crippen LogP contribution in [0.5, 0.6) is 0 Å². The Morgan fingerprint density at radius 1 is 1.35 bits per heavy atom. The minimum atomic E-state index is 0.376. The van der Waals surface area contributed by atoms with Crippen LogP contribution in [0.1, 0.15) is 37.9 Å². The van der Waals surface area contributed by atoms with Gasteiger partial charge >= 0.3 is 0 Å². The molecular weight excluding hydrogens is 248 g/mol. The molecule has 1 aromatic carbocycles. The molecule has 1 N–H and O–H groups in total. The lowest BCUT2D eigenvalue weighted by Gasteiger charge is -2.41. The summed E-state index contributed by atoms with van der Waals surface area (Å²) < 4.78 is 5.56. The van der Waals surface area contributed by atoms with E-state index in [-0.39, 0.29) is 0 Å². The molecule has 0 saturated carbocycles. The smallest absolute Gasteiger partial charge is 0.0619 e. The van der Waals surface area contributed by atoms with Crippen LogP contribution < -0.4 is 5.32 Å². The molecule has 0 aliphatic carbocycles. The van der Waals surface area contributed by atoms with Crippen LogP contribution in [0.25, 0.3) is 0 Å². The average Bonchev–Trinajstić information content (AvgIpc) is 2.46. The molecule has 3 heteroatoms. The van der Waals surface area contributed by atoms with Crippen LogP contribution in [0, 0.1) is 6.92 Å². The normalized spacial score (nSPS) is 23.5. The van der Waals surface area contributed by atoms with E-state index in [1.54, 1.807) is 0 Å². The summed E-state index contributed by atoms with van der Waals surface area (Å²) in [4.78, 5) is 2.57. The molecule has 0 aromatic heterocycles. The number of nitrogens with zero attached hydrogens (tertiary/aromatic N) is 1. The van der Waals surface area contributed by atoms with Crippen molar-refractivity contribution in [2.45, 2.75) is 45.8 Å². The monoisotopic (exact) mass is 276 g/mol. The van der Waals surface area contributed by atoms with Crippen molar-refractivity contribution in [2.75, 3.05) is 26.3 Å². The van der Waals surface area contributed by atoms with Crippen molar-refractivity contribution >= 4 is 0 Å². The highest BCUT2D eigenvalue weighted by Gasteiger charge is 2.29. The fourth-order valence-corrected chi connectivity index (χ4v) is 3.10. The number of hydrogen-bond acceptors (Lipinski definition) is 3. The number of hydrogen-bond donors (Lipinski definition) is 1.